The highest BCUT2D eigenvalue weighted by molar-refractivity contribution is 5.98. The lowest BCUT2D eigenvalue weighted by molar-refractivity contribution is -0.121. The van der Waals surface area contributed by atoms with Crippen LogP contribution < -0.4 is 19.7 Å². The molecule has 0 unspecified atom stereocenters. The van der Waals surface area contributed by atoms with Crippen molar-refractivity contribution in [1.29, 1.82) is 0 Å². The molecule has 2 aromatic carbocycles. The molecular formula is C22H26N2O4. The molecule has 2 amide bonds. The van der Waals surface area contributed by atoms with Crippen LogP contribution in [0.2, 0.25) is 0 Å². The van der Waals surface area contributed by atoms with E-state index in [0.29, 0.717) is 23.7 Å². The molecule has 148 valence electrons. The highest BCUT2D eigenvalue weighted by atomic mass is 16.5. The highest BCUT2D eigenvalue weighted by Crippen LogP contribution is 2.31. The fraction of sp³-hybridized carbons (Fsp3) is 0.364. The molecule has 1 aliphatic heterocycles. The van der Waals surface area contributed by atoms with E-state index in [2.05, 4.69) is 5.32 Å². The molecule has 6 heteroatoms. The molecule has 0 aliphatic carbocycles. The van der Waals surface area contributed by atoms with E-state index >= 15 is 0 Å². The van der Waals surface area contributed by atoms with Crippen molar-refractivity contribution in [3.63, 3.8) is 0 Å². The molecule has 3 rings (SSSR count). The molecule has 0 aromatic heterocycles. The first kappa shape index (κ1) is 19.7. The Balaban J connectivity index is 1.68. The molecule has 0 saturated heterocycles. The van der Waals surface area contributed by atoms with Gasteiger partial charge in [-0.15, -0.1) is 0 Å². The number of aryl methyl sites for hydroxylation is 1. The van der Waals surface area contributed by atoms with Crippen molar-refractivity contribution in [2.75, 3.05) is 30.5 Å². The van der Waals surface area contributed by atoms with Crippen molar-refractivity contribution in [2.24, 2.45) is 5.92 Å². The van der Waals surface area contributed by atoms with Crippen molar-refractivity contribution >= 4 is 23.2 Å². The summed E-state index contributed by atoms with van der Waals surface area (Å²) in [5, 5.41) is 2.85. The van der Waals surface area contributed by atoms with E-state index in [1.807, 2.05) is 49.1 Å². The summed E-state index contributed by atoms with van der Waals surface area (Å²) in [6.45, 7) is 4.37. The lowest BCUT2D eigenvalue weighted by Crippen LogP contribution is -2.38. The molecule has 6 nitrogen and oxygen atoms in total. The first-order valence-electron chi connectivity index (χ1n) is 9.49. The topological polar surface area (TPSA) is 67.9 Å². The van der Waals surface area contributed by atoms with Gasteiger partial charge < -0.3 is 19.7 Å². The number of methoxy groups -OCH3 is 1. The molecule has 0 bridgehead atoms. The number of rotatable bonds is 6. The Labute approximate surface area is 165 Å². The molecule has 1 N–H and O–H groups in total. The summed E-state index contributed by atoms with van der Waals surface area (Å²) in [7, 11) is 1.56. The second-order valence-electron chi connectivity index (χ2n) is 7.08. The van der Waals surface area contributed by atoms with Gasteiger partial charge in [-0.1, -0.05) is 32.0 Å². The van der Waals surface area contributed by atoms with Gasteiger partial charge in [-0.05, 0) is 42.7 Å². The second kappa shape index (κ2) is 8.78. The fourth-order valence-corrected chi connectivity index (χ4v) is 3.27. The number of anilines is 2. The van der Waals surface area contributed by atoms with Crippen LogP contribution in [0.3, 0.4) is 0 Å². The van der Waals surface area contributed by atoms with Crippen molar-refractivity contribution in [1.82, 2.24) is 0 Å². The molecule has 0 spiro atoms. The second-order valence-corrected chi connectivity index (χ2v) is 7.08. The number of fused-ring (bicyclic) bond motifs is 1. The van der Waals surface area contributed by atoms with Gasteiger partial charge in [0.1, 0.15) is 0 Å². The average Bonchev–Trinajstić information content (AvgIpc) is 2.71. The number of nitrogens with zero attached hydrogens (tertiary/aromatic N) is 1. The molecule has 28 heavy (non-hydrogen) atoms. The first-order chi connectivity index (χ1) is 13.5. The summed E-state index contributed by atoms with van der Waals surface area (Å²) in [6, 6.07) is 12.9. The van der Waals surface area contributed by atoms with Crippen LogP contribution in [0.25, 0.3) is 0 Å². The predicted molar refractivity (Wildman–Crippen MR) is 109 cm³/mol. The molecular weight excluding hydrogens is 356 g/mol. The van der Waals surface area contributed by atoms with Gasteiger partial charge >= 0.3 is 0 Å². The summed E-state index contributed by atoms with van der Waals surface area (Å²) < 4.78 is 10.8. The summed E-state index contributed by atoms with van der Waals surface area (Å²) in [5.74, 6) is 0.844. The van der Waals surface area contributed by atoms with Crippen molar-refractivity contribution < 1.29 is 19.1 Å². The predicted octanol–water partition coefficient (Wildman–Crippen LogP) is 3.65. The summed E-state index contributed by atoms with van der Waals surface area (Å²) in [6.07, 6.45) is 1.88. The van der Waals surface area contributed by atoms with Crippen LogP contribution in [0, 0.1) is 5.92 Å². The van der Waals surface area contributed by atoms with E-state index in [-0.39, 0.29) is 24.3 Å². The van der Waals surface area contributed by atoms with E-state index < -0.39 is 0 Å². The van der Waals surface area contributed by atoms with Crippen LogP contribution in [0.4, 0.5) is 11.4 Å². The number of ether oxygens (including phenoxy) is 2. The van der Waals surface area contributed by atoms with E-state index in [1.54, 1.807) is 19.2 Å². The van der Waals surface area contributed by atoms with Crippen LogP contribution in [-0.4, -0.2) is 32.1 Å². The van der Waals surface area contributed by atoms with Crippen molar-refractivity contribution in [3.8, 4) is 11.5 Å². The monoisotopic (exact) mass is 382 g/mol. The Morgan fingerprint density at radius 3 is 2.61 bits per heavy atom. The number of amides is 2. The Kier molecular flexibility index (Phi) is 6.19. The maximum atomic E-state index is 12.5. The van der Waals surface area contributed by atoms with Crippen molar-refractivity contribution in [3.05, 3.63) is 48.0 Å². The van der Waals surface area contributed by atoms with Crippen LogP contribution >= 0.6 is 0 Å². The third-order valence-corrected chi connectivity index (χ3v) is 4.68. The van der Waals surface area contributed by atoms with Crippen LogP contribution in [0.5, 0.6) is 11.5 Å². The van der Waals surface area contributed by atoms with Gasteiger partial charge in [-0.2, -0.15) is 0 Å². The zero-order valence-corrected chi connectivity index (χ0v) is 16.5. The van der Waals surface area contributed by atoms with Gasteiger partial charge in [0.05, 0.1) is 7.11 Å². The lowest BCUT2D eigenvalue weighted by atomic mass is 9.99. The SMILES string of the molecule is COc1ccccc1OCC(=O)Nc1ccc2c(c1)N(C(=O)C(C)C)CCC2. The lowest BCUT2D eigenvalue weighted by Gasteiger charge is -2.31. The maximum absolute atomic E-state index is 12.5. The quantitative estimate of drug-likeness (QED) is 0.828. The van der Waals surface area contributed by atoms with E-state index in [4.69, 9.17) is 9.47 Å². The molecule has 1 aliphatic rings. The molecule has 0 fully saturated rings. The minimum atomic E-state index is -0.275. The largest absolute Gasteiger partial charge is 0.493 e. The molecule has 0 atom stereocenters. The summed E-state index contributed by atoms with van der Waals surface area (Å²) >= 11 is 0. The van der Waals surface area contributed by atoms with Gasteiger partial charge in [0.2, 0.25) is 5.91 Å². The third-order valence-electron chi connectivity index (χ3n) is 4.68. The number of para-hydroxylation sites is 2. The number of hydrogen-bond acceptors (Lipinski definition) is 4. The van der Waals surface area contributed by atoms with Gasteiger partial charge in [0.15, 0.2) is 18.1 Å². The Hall–Kier alpha value is -3.02. The summed E-state index contributed by atoms with van der Waals surface area (Å²) in [5.41, 5.74) is 2.66. The first-order valence-corrected chi connectivity index (χ1v) is 9.49. The molecule has 2 aromatic rings. The number of benzene rings is 2. The smallest absolute Gasteiger partial charge is 0.262 e. The van der Waals surface area contributed by atoms with Gasteiger partial charge in [0, 0.05) is 23.8 Å². The van der Waals surface area contributed by atoms with Crippen molar-refractivity contribution in [2.45, 2.75) is 26.7 Å². The Bertz CT molecular complexity index is 863. The molecule has 1 heterocycles. The standard InChI is InChI=1S/C22H26N2O4/c1-15(2)22(26)24-12-6-7-16-10-11-17(13-18(16)24)23-21(25)14-28-20-9-5-4-8-19(20)27-3/h4-5,8-11,13,15H,6-7,12,14H2,1-3H3,(H,23,25). The number of carbonyl (C=O) groups is 2. The summed E-state index contributed by atoms with van der Waals surface area (Å²) in [4.78, 5) is 26.7. The Morgan fingerprint density at radius 2 is 1.89 bits per heavy atom. The fourth-order valence-electron chi connectivity index (χ4n) is 3.27. The zero-order valence-electron chi connectivity index (χ0n) is 16.5. The van der Waals surface area contributed by atoms with E-state index in [0.717, 1.165) is 24.1 Å². The third kappa shape index (κ3) is 4.44. The minimum Gasteiger partial charge on any atom is -0.493 e. The highest BCUT2D eigenvalue weighted by Gasteiger charge is 2.24. The van der Waals surface area contributed by atoms with Gasteiger partial charge in [-0.3, -0.25) is 9.59 Å². The normalized spacial score (nSPS) is 13.1. The Morgan fingerprint density at radius 1 is 1.14 bits per heavy atom. The minimum absolute atomic E-state index is 0.0709. The van der Waals surface area contributed by atoms with E-state index in [1.165, 1.54) is 0 Å². The number of carbonyl (C=O) groups excluding carboxylic acids is 2. The maximum Gasteiger partial charge on any atom is 0.262 e. The van der Waals surface area contributed by atoms with Crippen LogP contribution in [0.1, 0.15) is 25.8 Å². The van der Waals surface area contributed by atoms with Gasteiger partial charge in [-0.25, -0.2) is 0 Å². The molecule has 0 saturated carbocycles. The average molecular weight is 382 g/mol. The zero-order chi connectivity index (χ0) is 20.1. The van der Waals surface area contributed by atoms with Gasteiger partial charge in [0.25, 0.3) is 5.91 Å². The van der Waals surface area contributed by atoms with Crippen LogP contribution in [0.15, 0.2) is 42.5 Å². The number of hydrogen-bond donors (Lipinski definition) is 1. The van der Waals surface area contributed by atoms with Crippen LogP contribution in [-0.2, 0) is 16.0 Å². The molecule has 0 radical (unpaired) electrons. The van der Waals surface area contributed by atoms with E-state index in [9.17, 15) is 9.59 Å². The number of nitrogens with one attached hydrogen (secondary N) is 1.